The van der Waals surface area contributed by atoms with E-state index in [0.717, 1.165) is 11.3 Å². The van der Waals surface area contributed by atoms with E-state index in [2.05, 4.69) is 0 Å². The second-order valence-corrected chi connectivity index (χ2v) is 6.07. The molecule has 1 aromatic carbocycles. The van der Waals surface area contributed by atoms with Gasteiger partial charge in [0.2, 0.25) is 5.91 Å². The SMILES string of the molecule is CN(Cc1ccc(N)cc1)C(=O)C1C2CCCCC21. The van der Waals surface area contributed by atoms with Gasteiger partial charge in [-0.25, -0.2) is 0 Å². The van der Waals surface area contributed by atoms with Gasteiger partial charge in [0.1, 0.15) is 0 Å². The third-order valence-corrected chi connectivity index (χ3v) is 4.72. The average Bonchev–Trinajstić information content (AvgIpc) is 3.14. The molecule has 3 rings (SSSR count). The average molecular weight is 258 g/mol. The summed E-state index contributed by atoms with van der Waals surface area (Å²) in [7, 11) is 1.92. The van der Waals surface area contributed by atoms with E-state index in [1.54, 1.807) is 0 Å². The second-order valence-electron chi connectivity index (χ2n) is 6.07. The van der Waals surface area contributed by atoms with Crippen LogP contribution in [0, 0.1) is 17.8 Å². The van der Waals surface area contributed by atoms with E-state index in [-0.39, 0.29) is 0 Å². The van der Waals surface area contributed by atoms with Gasteiger partial charge in [-0.15, -0.1) is 0 Å². The fraction of sp³-hybridized carbons (Fsp3) is 0.562. The maximum atomic E-state index is 12.4. The zero-order valence-corrected chi connectivity index (χ0v) is 11.5. The van der Waals surface area contributed by atoms with Gasteiger partial charge in [-0.05, 0) is 42.4 Å². The number of nitrogens with two attached hydrogens (primary N) is 1. The molecule has 19 heavy (non-hydrogen) atoms. The molecule has 2 unspecified atom stereocenters. The molecule has 2 atom stereocenters. The molecule has 0 aliphatic heterocycles. The molecule has 0 heterocycles. The van der Waals surface area contributed by atoms with E-state index in [9.17, 15) is 4.79 Å². The highest BCUT2D eigenvalue weighted by molar-refractivity contribution is 5.82. The summed E-state index contributed by atoms with van der Waals surface area (Å²) in [6.45, 7) is 0.690. The lowest BCUT2D eigenvalue weighted by molar-refractivity contribution is -0.132. The summed E-state index contributed by atoms with van der Waals surface area (Å²) in [5.74, 6) is 2.04. The van der Waals surface area contributed by atoms with E-state index in [4.69, 9.17) is 5.73 Å². The molecule has 2 aliphatic rings. The Kier molecular flexibility index (Phi) is 3.21. The van der Waals surface area contributed by atoms with Gasteiger partial charge in [0.25, 0.3) is 0 Å². The molecule has 2 N–H and O–H groups in total. The highest BCUT2D eigenvalue weighted by Crippen LogP contribution is 2.56. The number of nitrogen functional groups attached to an aromatic ring is 1. The summed E-state index contributed by atoms with van der Waals surface area (Å²) in [5.41, 5.74) is 7.59. The molecule has 3 nitrogen and oxygen atoms in total. The van der Waals surface area contributed by atoms with E-state index in [1.807, 2.05) is 36.2 Å². The first-order chi connectivity index (χ1) is 9.16. The molecule has 2 fully saturated rings. The first-order valence-corrected chi connectivity index (χ1v) is 7.26. The number of hydrogen-bond acceptors (Lipinski definition) is 2. The maximum Gasteiger partial charge on any atom is 0.226 e. The van der Waals surface area contributed by atoms with Crippen LogP contribution < -0.4 is 5.73 Å². The lowest BCUT2D eigenvalue weighted by atomic mass is 10.0. The number of fused-ring (bicyclic) bond motifs is 1. The fourth-order valence-electron chi connectivity index (χ4n) is 3.59. The number of benzene rings is 1. The molecular weight excluding hydrogens is 236 g/mol. The normalized spacial score (nSPS) is 28.6. The summed E-state index contributed by atoms with van der Waals surface area (Å²) in [5, 5.41) is 0. The van der Waals surface area contributed by atoms with Crippen molar-refractivity contribution in [2.24, 2.45) is 17.8 Å². The Bertz CT molecular complexity index is 456. The number of rotatable bonds is 3. The lowest BCUT2D eigenvalue weighted by Gasteiger charge is -2.17. The zero-order valence-electron chi connectivity index (χ0n) is 11.5. The van der Waals surface area contributed by atoms with Crippen molar-refractivity contribution in [1.82, 2.24) is 4.90 Å². The van der Waals surface area contributed by atoms with Crippen molar-refractivity contribution in [2.75, 3.05) is 12.8 Å². The molecule has 0 spiro atoms. The quantitative estimate of drug-likeness (QED) is 0.847. The second kappa shape index (κ2) is 4.87. The minimum atomic E-state index is 0.321. The Morgan fingerprint density at radius 2 is 1.79 bits per heavy atom. The third kappa shape index (κ3) is 2.46. The Hall–Kier alpha value is -1.51. The first-order valence-electron chi connectivity index (χ1n) is 7.26. The summed E-state index contributed by atoms with van der Waals surface area (Å²) in [6, 6.07) is 7.78. The Morgan fingerprint density at radius 3 is 2.37 bits per heavy atom. The number of anilines is 1. The molecule has 0 saturated heterocycles. The van der Waals surface area contributed by atoms with Crippen molar-refractivity contribution in [1.29, 1.82) is 0 Å². The molecule has 2 saturated carbocycles. The topological polar surface area (TPSA) is 46.3 Å². The van der Waals surface area contributed by atoms with Crippen LogP contribution in [0.5, 0.6) is 0 Å². The van der Waals surface area contributed by atoms with Crippen LogP contribution in [0.1, 0.15) is 31.2 Å². The van der Waals surface area contributed by atoms with Crippen LogP contribution in [-0.4, -0.2) is 17.9 Å². The van der Waals surface area contributed by atoms with E-state index in [1.165, 1.54) is 25.7 Å². The van der Waals surface area contributed by atoms with E-state index in [0.29, 0.717) is 30.2 Å². The van der Waals surface area contributed by atoms with Crippen LogP contribution in [0.4, 0.5) is 5.69 Å². The van der Waals surface area contributed by atoms with Crippen LogP contribution in [0.3, 0.4) is 0 Å². The van der Waals surface area contributed by atoms with Gasteiger partial charge >= 0.3 is 0 Å². The van der Waals surface area contributed by atoms with Gasteiger partial charge < -0.3 is 10.6 Å². The van der Waals surface area contributed by atoms with Gasteiger partial charge in [-0.2, -0.15) is 0 Å². The van der Waals surface area contributed by atoms with Gasteiger partial charge in [-0.1, -0.05) is 25.0 Å². The Balaban J connectivity index is 1.60. The van der Waals surface area contributed by atoms with Crippen LogP contribution in [-0.2, 0) is 11.3 Å². The molecule has 1 amide bonds. The largest absolute Gasteiger partial charge is 0.399 e. The summed E-state index contributed by atoms with van der Waals surface area (Å²) < 4.78 is 0. The van der Waals surface area contributed by atoms with Crippen molar-refractivity contribution in [3.05, 3.63) is 29.8 Å². The van der Waals surface area contributed by atoms with Crippen molar-refractivity contribution in [3.63, 3.8) is 0 Å². The van der Waals surface area contributed by atoms with Crippen LogP contribution in [0.25, 0.3) is 0 Å². The third-order valence-electron chi connectivity index (χ3n) is 4.72. The van der Waals surface area contributed by atoms with Gasteiger partial charge in [-0.3, -0.25) is 4.79 Å². The van der Waals surface area contributed by atoms with E-state index >= 15 is 0 Å². The highest BCUT2D eigenvalue weighted by Gasteiger charge is 2.55. The highest BCUT2D eigenvalue weighted by atomic mass is 16.2. The molecule has 0 bridgehead atoms. The number of hydrogen-bond donors (Lipinski definition) is 1. The minimum absolute atomic E-state index is 0.321. The first kappa shape index (κ1) is 12.5. The Morgan fingerprint density at radius 1 is 1.21 bits per heavy atom. The summed E-state index contributed by atoms with van der Waals surface area (Å²) >= 11 is 0. The fourth-order valence-corrected chi connectivity index (χ4v) is 3.59. The molecule has 3 heteroatoms. The lowest BCUT2D eigenvalue weighted by Crippen LogP contribution is -2.28. The van der Waals surface area contributed by atoms with Gasteiger partial charge in [0.05, 0.1) is 0 Å². The monoisotopic (exact) mass is 258 g/mol. The van der Waals surface area contributed by atoms with E-state index < -0.39 is 0 Å². The maximum absolute atomic E-state index is 12.4. The van der Waals surface area contributed by atoms with Crippen LogP contribution >= 0.6 is 0 Å². The van der Waals surface area contributed by atoms with Gasteiger partial charge in [0.15, 0.2) is 0 Å². The number of nitrogens with zero attached hydrogens (tertiary/aromatic N) is 1. The van der Waals surface area contributed by atoms with Crippen LogP contribution in [0.2, 0.25) is 0 Å². The molecule has 1 aromatic rings. The summed E-state index contributed by atoms with van der Waals surface area (Å²) in [6.07, 6.45) is 5.15. The molecule has 0 radical (unpaired) electrons. The Labute approximate surface area is 114 Å². The van der Waals surface area contributed by atoms with Crippen molar-refractivity contribution < 1.29 is 4.79 Å². The smallest absolute Gasteiger partial charge is 0.226 e. The minimum Gasteiger partial charge on any atom is -0.399 e. The molecule has 0 aromatic heterocycles. The van der Waals surface area contributed by atoms with Crippen molar-refractivity contribution >= 4 is 11.6 Å². The van der Waals surface area contributed by atoms with Crippen molar-refractivity contribution in [3.8, 4) is 0 Å². The molecule has 102 valence electrons. The summed E-state index contributed by atoms with van der Waals surface area (Å²) in [4.78, 5) is 14.3. The standard InChI is InChI=1S/C16H22N2O/c1-18(10-11-6-8-12(17)9-7-11)16(19)15-13-4-2-3-5-14(13)15/h6-9,13-15H,2-5,10,17H2,1H3. The predicted octanol–water partition coefficient (Wildman–Crippen LogP) is 2.66. The molecule has 2 aliphatic carbocycles. The number of carbonyl (C=O) groups excluding carboxylic acids is 1. The number of carbonyl (C=O) groups is 1. The predicted molar refractivity (Wildman–Crippen MR) is 76.3 cm³/mol. The number of amides is 1. The molecular formula is C16H22N2O. The van der Waals surface area contributed by atoms with Gasteiger partial charge in [0, 0.05) is 25.2 Å². The van der Waals surface area contributed by atoms with Crippen molar-refractivity contribution in [2.45, 2.75) is 32.2 Å². The van der Waals surface area contributed by atoms with Crippen LogP contribution in [0.15, 0.2) is 24.3 Å². The zero-order chi connectivity index (χ0) is 13.4.